The predicted molar refractivity (Wildman–Crippen MR) is 118 cm³/mol. The number of H-pyrrole nitrogens is 1. The van der Waals surface area contributed by atoms with Crippen molar-refractivity contribution < 1.29 is 28.7 Å². The summed E-state index contributed by atoms with van der Waals surface area (Å²) >= 11 is 0. The van der Waals surface area contributed by atoms with Gasteiger partial charge in [-0.1, -0.05) is 6.07 Å². The van der Waals surface area contributed by atoms with Crippen molar-refractivity contribution in [2.75, 3.05) is 24.4 Å². The summed E-state index contributed by atoms with van der Waals surface area (Å²) in [7, 11) is 1.29. The zero-order valence-corrected chi connectivity index (χ0v) is 18.0. The van der Waals surface area contributed by atoms with E-state index in [1.165, 1.54) is 19.6 Å². The van der Waals surface area contributed by atoms with Gasteiger partial charge in [-0.2, -0.15) is 0 Å². The maximum atomic E-state index is 12.8. The number of carbonyl (C=O) groups is 4. The molecule has 4 N–H and O–H groups in total. The minimum Gasteiger partial charge on any atom is -0.482 e. The molecule has 0 saturated heterocycles. The number of anilines is 2. The van der Waals surface area contributed by atoms with Gasteiger partial charge in [0.15, 0.2) is 12.3 Å². The molecule has 2 aromatic heterocycles. The van der Waals surface area contributed by atoms with Crippen molar-refractivity contribution in [2.24, 2.45) is 11.8 Å². The minimum atomic E-state index is -0.450. The molecule has 3 amide bonds. The molecule has 1 fully saturated rings. The second kappa shape index (κ2) is 8.46. The molecule has 1 saturated carbocycles. The van der Waals surface area contributed by atoms with E-state index < -0.39 is 23.7 Å². The van der Waals surface area contributed by atoms with E-state index in [1.54, 1.807) is 18.2 Å². The summed E-state index contributed by atoms with van der Waals surface area (Å²) in [4.78, 5) is 59.6. The van der Waals surface area contributed by atoms with Crippen LogP contribution in [0.1, 0.15) is 22.5 Å². The molecule has 3 heterocycles. The maximum absolute atomic E-state index is 12.8. The zero-order valence-electron chi connectivity index (χ0n) is 18.0. The second-order valence-electron chi connectivity index (χ2n) is 7.96. The van der Waals surface area contributed by atoms with Gasteiger partial charge < -0.3 is 30.4 Å². The van der Waals surface area contributed by atoms with Crippen molar-refractivity contribution >= 4 is 46.1 Å². The monoisotopic (exact) mass is 464 g/mol. The Balaban J connectivity index is 1.27. The molecule has 1 aliphatic heterocycles. The molecule has 34 heavy (non-hydrogen) atoms. The first kappa shape index (κ1) is 21.4. The topological polar surface area (TPSA) is 164 Å². The Morgan fingerprint density at radius 2 is 2.09 bits per heavy atom. The molecule has 12 heteroatoms. The van der Waals surface area contributed by atoms with E-state index in [1.807, 2.05) is 0 Å². The molecule has 2 atom stereocenters. The predicted octanol–water partition coefficient (Wildman–Crippen LogP) is 0.966. The standard InChI is InChI=1S/C22H20N6O6/c1-33-22(32)12-5-11(12)20(30)28-14-7-23-18-17(14)25-9-26-19(18)21(31)24-6-10-2-3-15-13(4-10)27-16(29)8-34-15/h2-4,7,9,11-12,23H,5-6,8H2,1H3,(H,24,31)(H,27,29)(H,28,30)/t11-,12-/m1/s1. The van der Waals surface area contributed by atoms with Crippen LogP contribution in [0.25, 0.3) is 11.0 Å². The normalized spacial score (nSPS) is 18.3. The number of carbonyl (C=O) groups excluding carboxylic acids is 4. The molecule has 0 spiro atoms. The lowest BCUT2D eigenvalue weighted by Crippen LogP contribution is -2.26. The third kappa shape index (κ3) is 4.00. The van der Waals surface area contributed by atoms with Gasteiger partial charge in [0.1, 0.15) is 17.6 Å². The first-order valence-corrected chi connectivity index (χ1v) is 10.5. The van der Waals surface area contributed by atoms with Gasteiger partial charge in [0.2, 0.25) is 5.91 Å². The van der Waals surface area contributed by atoms with Crippen LogP contribution in [-0.4, -0.2) is 52.4 Å². The summed E-state index contributed by atoms with van der Waals surface area (Å²) in [6.07, 6.45) is 3.19. The highest BCUT2D eigenvalue weighted by molar-refractivity contribution is 6.09. The van der Waals surface area contributed by atoms with Gasteiger partial charge >= 0.3 is 5.97 Å². The van der Waals surface area contributed by atoms with Crippen LogP contribution in [0, 0.1) is 11.8 Å². The summed E-state index contributed by atoms with van der Waals surface area (Å²) in [5.41, 5.74) is 2.53. The Bertz CT molecular complexity index is 1330. The SMILES string of the molecule is COC(=O)[C@@H]1C[C@H]1C(=O)Nc1c[nH]c2c(C(=O)NCc3ccc4c(c3)NC(=O)CO4)ncnc12. The first-order chi connectivity index (χ1) is 16.4. The lowest BCUT2D eigenvalue weighted by molar-refractivity contribution is -0.143. The number of esters is 1. The van der Waals surface area contributed by atoms with Crippen LogP contribution in [0.4, 0.5) is 11.4 Å². The molecule has 3 aromatic rings. The number of rotatable bonds is 6. The van der Waals surface area contributed by atoms with E-state index in [9.17, 15) is 19.2 Å². The van der Waals surface area contributed by atoms with Gasteiger partial charge in [0.25, 0.3) is 11.8 Å². The number of methoxy groups -OCH3 is 1. The number of aromatic nitrogens is 3. The summed E-state index contributed by atoms with van der Waals surface area (Å²) in [6.45, 7) is 0.159. The molecule has 0 bridgehead atoms. The molecule has 1 aromatic carbocycles. The molecule has 5 rings (SSSR count). The van der Waals surface area contributed by atoms with Gasteiger partial charge in [-0.25, -0.2) is 9.97 Å². The average Bonchev–Trinajstić information content (AvgIpc) is 3.56. The Labute approximate surface area is 192 Å². The smallest absolute Gasteiger partial charge is 0.309 e. The largest absolute Gasteiger partial charge is 0.482 e. The summed E-state index contributed by atoms with van der Waals surface area (Å²) in [5, 5.41) is 8.26. The molecule has 0 radical (unpaired) electrons. The van der Waals surface area contributed by atoms with Crippen molar-refractivity contribution in [3.8, 4) is 5.75 Å². The number of hydrogen-bond acceptors (Lipinski definition) is 8. The van der Waals surface area contributed by atoms with Gasteiger partial charge in [0.05, 0.1) is 35.8 Å². The van der Waals surface area contributed by atoms with Gasteiger partial charge in [0, 0.05) is 12.7 Å². The van der Waals surface area contributed by atoms with Crippen molar-refractivity contribution in [3.63, 3.8) is 0 Å². The molecular formula is C22H20N6O6. The van der Waals surface area contributed by atoms with Crippen LogP contribution >= 0.6 is 0 Å². The third-order valence-electron chi connectivity index (χ3n) is 5.70. The lowest BCUT2D eigenvalue weighted by atomic mass is 10.1. The Morgan fingerprint density at radius 1 is 1.24 bits per heavy atom. The number of benzene rings is 1. The lowest BCUT2D eigenvalue weighted by Gasteiger charge is -2.18. The molecule has 2 aliphatic rings. The Hall–Kier alpha value is -4.48. The molecule has 1 aliphatic carbocycles. The van der Waals surface area contributed by atoms with E-state index >= 15 is 0 Å². The van der Waals surface area contributed by atoms with E-state index in [0.29, 0.717) is 34.6 Å². The highest BCUT2D eigenvalue weighted by Gasteiger charge is 2.49. The fourth-order valence-corrected chi connectivity index (χ4v) is 3.84. The molecule has 12 nitrogen and oxygen atoms in total. The Morgan fingerprint density at radius 3 is 2.91 bits per heavy atom. The van der Waals surface area contributed by atoms with Crippen LogP contribution in [0.5, 0.6) is 5.75 Å². The fraction of sp³-hybridized carbons (Fsp3) is 0.273. The van der Waals surface area contributed by atoms with Crippen LogP contribution in [0.15, 0.2) is 30.7 Å². The number of nitrogens with zero attached hydrogens (tertiary/aromatic N) is 2. The van der Waals surface area contributed by atoms with Crippen molar-refractivity contribution in [1.29, 1.82) is 0 Å². The minimum absolute atomic E-state index is 0.0299. The van der Waals surface area contributed by atoms with Crippen molar-refractivity contribution in [1.82, 2.24) is 20.3 Å². The fourth-order valence-electron chi connectivity index (χ4n) is 3.84. The van der Waals surface area contributed by atoms with Gasteiger partial charge in [-0.15, -0.1) is 0 Å². The number of amides is 3. The van der Waals surface area contributed by atoms with Crippen LogP contribution < -0.4 is 20.7 Å². The molecule has 174 valence electrons. The first-order valence-electron chi connectivity index (χ1n) is 10.5. The number of hydrogen-bond donors (Lipinski definition) is 4. The highest BCUT2D eigenvalue weighted by Crippen LogP contribution is 2.40. The number of ether oxygens (including phenoxy) is 2. The summed E-state index contributed by atoms with van der Waals surface area (Å²) < 4.78 is 10.0. The van der Waals surface area contributed by atoms with E-state index in [0.717, 1.165) is 5.56 Å². The average molecular weight is 464 g/mol. The summed E-state index contributed by atoms with van der Waals surface area (Å²) in [5.74, 6) is -1.73. The zero-order chi connectivity index (χ0) is 23.8. The van der Waals surface area contributed by atoms with Crippen LogP contribution in [0.2, 0.25) is 0 Å². The van der Waals surface area contributed by atoms with E-state index in [-0.39, 0.29) is 30.7 Å². The van der Waals surface area contributed by atoms with Crippen molar-refractivity contribution in [3.05, 3.63) is 42.0 Å². The van der Waals surface area contributed by atoms with E-state index in [2.05, 4.69) is 35.6 Å². The number of nitrogens with one attached hydrogen (secondary N) is 4. The number of fused-ring (bicyclic) bond motifs is 2. The third-order valence-corrected chi connectivity index (χ3v) is 5.70. The quantitative estimate of drug-likeness (QED) is 0.392. The van der Waals surface area contributed by atoms with E-state index in [4.69, 9.17) is 4.74 Å². The summed E-state index contributed by atoms with van der Waals surface area (Å²) in [6, 6.07) is 5.24. The maximum Gasteiger partial charge on any atom is 0.309 e. The highest BCUT2D eigenvalue weighted by atomic mass is 16.5. The van der Waals surface area contributed by atoms with Crippen LogP contribution in [-0.2, 0) is 25.7 Å². The second-order valence-corrected chi connectivity index (χ2v) is 7.96. The Kier molecular flexibility index (Phi) is 5.32. The van der Waals surface area contributed by atoms with Gasteiger partial charge in [-0.05, 0) is 24.1 Å². The number of aromatic amines is 1. The van der Waals surface area contributed by atoms with Crippen LogP contribution in [0.3, 0.4) is 0 Å². The molecular weight excluding hydrogens is 444 g/mol. The molecule has 0 unspecified atom stereocenters. The van der Waals surface area contributed by atoms with Crippen molar-refractivity contribution in [2.45, 2.75) is 13.0 Å². The van der Waals surface area contributed by atoms with Gasteiger partial charge in [-0.3, -0.25) is 19.2 Å².